The van der Waals surface area contributed by atoms with Gasteiger partial charge in [-0.05, 0) is 74.8 Å². The van der Waals surface area contributed by atoms with Gasteiger partial charge in [-0.2, -0.15) is 0 Å². The number of benzene rings is 2. The number of nitrogens with one attached hydrogen (secondary N) is 1. The first-order valence-corrected chi connectivity index (χ1v) is 12.4. The van der Waals surface area contributed by atoms with Crippen LogP contribution in [-0.2, 0) is 4.74 Å². The third kappa shape index (κ3) is 5.90. The number of nitrogens with zero attached hydrogens (tertiary/aromatic N) is 2. The Labute approximate surface area is 207 Å². The monoisotopic (exact) mass is 481 g/mol. The minimum absolute atomic E-state index is 0.0345. The molecule has 0 amide bonds. The molecule has 0 saturated carbocycles. The fourth-order valence-electron chi connectivity index (χ4n) is 4.58. The number of furan rings is 1. The summed E-state index contributed by atoms with van der Waals surface area (Å²) in [6.45, 7) is 11.8. The zero-order valence-corrected chi connectivity index (χ0v) is 21.4. The number of ether oxygens (including phenoxy) is 2. The summed E-state index contributed by atoms with van der Waals surface area (Å²) < 4.78 is 17.3. The molecule has 0 bridgehead atoms. The van der Waals surface area contributed by atoms with E-state index in [-0.39, 0.29) is 6.04 Å². The Morgan fingerprint density at radius 1 is 1.15 bits per heavy atom. The first-order valence-electron chi connectivity index (χ1n) is 12.0. The number of hydrogen-bond acceptors (Lipinski definition) is 5. The van der Waals surface area contributed by atoms with Crippen LogP contribution in [0.15, 0.2) is 46.9 Å². The Morgan fingerprint density at radius 2 is 1.88 bits per heavy atom. The molecule has 1 N–H and O–H groups in total. The molecule has 0 spiro atoms. The topological polar surface area (TPSA) is 50.1 Å². The first kappa shape index (κ1) is 24.5. The van der Waals surface area contributed by atoms with Crippen molar-refractivity contribution >= 4 is 34.0 Å². The number of para-hydroxylation sites is 1. The van der Waals surface area contributed by atoms with Gasteiger partial charge in [-0.15, -0.1) is 0 Å². The van der Waals surface area contributed by atoms with Crippen LogP contribution in [0.5, 0.6) is 5.75 Å². The molecule has 2 aromatic carbocycles. The molecule has 1 fully saturated rings. The van der Waals surface area contributed by atoms with Gasteiger partial charge in [0.05, 0.1) is 26.4 Å². The molecule has 3 aromatic rings. The number of methoxy groups -OCH3 is 1. The van der Waals surface area contributed by atoms with E-state index in [0.29, 0.717) is 5.11 Å². The second kappa shape index (κ2) is 11.2. The van der Waals surface area contributed by atoms with Crippen LogP contribution in [0.25, 0.3) is 11.0 Å². The van der Waals surface area contributed by atoms with E-state index in [1.807, 2.05) is 18.2 Å². The zero-order chi connectivity index (χ0) is 24.1. The van der Waals surface area contributed by atoms with Gasteiger partial charge in [0.1, 0.15) is 5.76 Å². The van der Waals surface area contributed by atoms with Crippen LogP contribution in [0, 0.1) is 13.8 Å². The molecule has 6 nitrogen and oxygen atoms in total. The van der Waals surface area contributed by atoms with Gasteiger partial charge in [0.2, 0.25) is 0 Å². The van der Waals surface area contributed by atoms with Crippen LogP contribution in [-0.4, -0.2) is 61.4 Å². The summed E-state index contributed by atoms with van der Waals surface area (Å²) in [6, 6.07) is 14.4. The van der Waals surface area contributed by atoms with Gasteiger partial charge < -0.3 is 24.1 Å². The van der Waals surface area contributed by atoms with Crippen molar-refractivity contribution in [1.29, 1.82) is 0 Å². The molecule has 4 rings (SSSR count). The fraction of sp³-hybridized carbons (Fsp3) is 0.444. The van der Waals surface area contributed by atoms with Gasteiger partial charge in [-0.1, -0.05) is 18.2 Å². The molecule has 34 heavy (non-hydrogen) atoms. The number of anilines is 1. The Balaban J connectivity index is 1.54. The van der Waals surface area contributed by atoms with Crippen molar-refractivity contribution in [2.75, 3.05) is 51.8 Å². The molecule has 1 saturated heterocycles. The number of thiocarbonyl (C=S) groups is 1. The smallest absolute Gasteiger partial charge is 0.176 e. The first-order chi connectivity index (χ1) is 16.4. The molecule has 182 valence electrons. The van der Waals surface area contributed by atoms with Crippen LogP contribution in [0.2, 0.25) is 0 Å². The Morgan fingerprint density at radius 3 is 2.59 bits per heavy atom. The number of hydrogen-bond donors (Lipinski definition) is 1. The number of rotatable bonds is 8. The van der Waals surface area contributed by atoms with E-state index in [9.17, 15) is 0 Å². The molecule has 1 aliphatic heterocycles. The van der Waals surface area contributed by atoms with Gasteiger partial charge in [0.15, 0.2) is 16.4 Å². The summed E-state index contributed by atoms with van der Waals surface area (Å²) in [5.74, 6) is 1.61. The molecule has 0 radical (unpaired) electrons. The highest BCUT2D eigenvalue weighted by molar-refractivity contribution is 7.80. The lowest BCUT2D eigenvalue weighted by molar-refractivity contribution is 0.0365. The Hall–Kier alpha value is -2.61. The Bertz CT molecular complexity index is 1100. The van der Waals surface area contributed by atoms with Crippen LogP contribution < -0.4 is 10.1 Å². The standard InChI is InChI=1S/C27H35N3O3S/c1-19-15-20(2)17-23(16-19)28-27(34)30(10-6-9-29-11-13-32-14-12-29)21(3)25-18-22-7-5-8-24(31-4)26(22)33-25/h5,7-8,15-18,21H,6,9-14H2,1-4H3,(H,28,34)/t21-/m1/s1. The van der Waals surface area contributed by atoms with Crippen LogP contribution in [0.3, 0.4) is 0 Å². The Kier molecular flexibility index (Phi) is 8.08. The van der Waals surface area contributed by atoms with Gasteiger partial charge in [-0.25, -0.2) is 0 Å². The van der Waals surface area contributed by atoms with Crippen LogP contribution in [0.4, 0.5) is 5.69 Å². The number of fused-ring (bicyclic) bond motifs is 1. The normalized spacial score (nSPS) is 15.3. The van der Waals surface area contributed by atoms with E-state index < -0.39 is 0 Å². The number of aryl methyl sites for hydroxylation is 2. The minimum atomic E-state index is -0.0345. The van der Waals surface area contributed by atoms with Gasteiger partial charge >= 0.3 is 0 Å². The van der Waals surface area contributed by atoms with Crippen LogP contribution in [0.1, 0.15) is 36.3 Å². The van der Waals surface area contributed by atoms with Gasteiger partial charge in [-0.3, -0.25) is 4.90 Å². The lowest BCUT2D eigenvalue weighted by atomic mass is 10.1. The van der Waals surface area contributed by atoms with Gasteiger partial charge in [0, 0.05) is 37.3 Å². The van der Waals surface area contributed by atoms with Crippen LogP contribution >= 0.6 is 12.2 Å². The van der Waals surface area contributed by atoms with Crippen molar-refractivity contribution in [3.63, 3.8) is 0 Å². The van der Waals surface area contributed by atoms with Crippen molar-refractivity contribution in [2.45, 2.75) is 33.2 Å². The van der Waals surface area contributed by atoms with Crippen molar-refractivity contribution in [3.05, 3.63) is 59.4 Å². The molecule has 2 heterocycles. The van der Waals surface area contributed by atoms with Crippen molar-refractivity contribution in [1.82, 2.24) is 9.80 Å². The third-order valence-electron chi connectivity index (χ3n) is 6.34. The highest BCUT2D eigenvalue weighted by atomic mass is 32.1. The summed E-state index contributed by atoms with van der Waals surface area (Å²) in [4.78, 5) is 4.69. The summed E-state index contributed by atoms with van der Waals surface area (Å²) in [5.41, 5.74) is 4.20. The SMILES string of the molecule is COc1cccc2cc([C@@H](C)N(CCCN3CCOCC3)C(=S)Nc3cc(C)cc(C)c3)oc12. The number of morpholine rings is 1. The molecule has 0 unspecified atom stereocenters. The van der Waals surface area contributed by atoms with Crippen molar-refractivity contribution < 1.29 is 13.9 Å². The van der Waals surface area contributed by atoms with E-state index in [4.69, 9.17) is 26.1 Å². The quantitative estimate of drug-likeness (QED) is 0.424. The highest BCUT2D eigenvalue weighted by Crippen LogP contribution is 2.33. The summed E-state index contributed by atoms with van der Waals surface area (Å²) in [6.07, 6.45) is 1.00. The average Bonchev–Trinajstić information content (AvgIpc) is 3.26. The molecule has 1 aromatic heterocycles. The maximum atomic E-state index is 6.29. The summed E-state index contributed by atoms with van der Waals surface area (Å²) in [5, 5.41) is 5.21. The lowest BCUT2D eigenvalue weighted by Crippen LogP contribution is -2.41. The summed E-state index contributed by atoms with van der Waals surface area (Å²) in [7, 11) is 1.67. The summed E-state index contributed by atoms with van der Waals surface area (Å²) >= 11 is 5.93. The second-order valence-corrected chi connectivity index (χ2v) is 9.40. The maximum Gasteiger partial charge on any atom is 0.176 e. The minimum Gasteiger partial charge on any atom is -0.493 e. The predicted molar refractivity (Wildman–Crippen MR) is 142 cm³/mol. The zero-order valence-electron chi connectivity index (χ0n) is 20.6. The highest BCUT2D eigenvalue weighted by Gasteiger charge is 2.23. The van der Waals surface area contributed by atoms with E-state index in [0.717, 1.165) is 74.0 Å². The molecular weight excluding hydrogens is 446 g/mol. The molecule has 0 aliphatic carbocycles. The predicted octanol–water partition coefficient (Wildman–Crippen LogP) is 5.54. The van der Waals surface area contributed by atoms with E-state index in [2.05, 4.69) is 60.2 Å². The van der Waals surface area contributed by atoms with E-state index >= 15 is 0 Å². The maximum absolute atomic E-state index is 6.29. The molecule has 7 heteroatoms. The van der Waals surface area contributed by atoms with E-state index in [1.165, 1.54) is 11.1 Å². The molecule has 1 atom stereocenters. The largest absolute Gasteiger partial charge is 0.493 e. The van der Waals surface area contributed by atoms with Gasteiger partial charge in [0.25, 0.3) is 0 Å². The van der Waals surface area contributed by atoms with Crippen molar-refractivity contribution in [2.24, 2.45) is 0 Å². The fourth-order valence-corrected chi connectivity index (χ4v) is 4.95. The average molecular weight is 482 g/mol. The molecule has 1 aliphatic rings. The lowest BCUT2D eigenvalue weighted by Gasteiger charge is -2.32. The van der Waals surface area contributed by atoms with Crippen molar-refractivity contribution in [3.8, 4) is 5.75 Å². The second-order valence-electron chi connectivity index (χ2n) is 9.01. The third-order valence-corrected chi connectivity index (χ3v) is 6.67. The van der Waals surface area contributed by atoms with E-state index in [1.54, 1.807) is 7.11 Å². The molecular formula is C27H35N3O3S.